The molecule has 0 radical (unpaired) electrons. The molecule has 0 saturated carbocycles. The first kappa shape index (κ1) is 9.86. The highest BCUT2D eigenvalue weighted by atomic mass is 35.5. The maximum atomic E-state index is 8.69. The second-order valence-electron chi connectivity index (χ2n) is 2.30. The van der Waals surface area contributed by atoms with Gasteiger partial charge in [0, 0.05) is 9.92 Å². The quantitative estimate of drug-likeness (QED) is 0.581. The highest BCUT2D eigenvalue weighted by molar-refractivity contribution is 7.99. The Kier molecular flexibility index (Phi) is 3.88. The van der Waals surface area contributed by atoms with Crippen LogP contribution < -0.4 is 5.73 Å². The molecule has 1 aromatic carbocycles. The summed E-state index contributed by atoms with van der Waals surface area (Å²) in [4.78, 5) is 0.976. The van der Waals surface area contributed by atoms with Gasteiger partial charge in [-0.05, 0) is 18.2 Å². The summed E-state index contributed by atoms with van der Waals surface area (Å²) in [5.41, 5.74) is 5.52. The fraction of sp³-hybridized carbons (Fsp3) is 0.250. The minimum absolute atomic E-state index is 0.0306. The van der Waals surface area contributed by atoms with E-state index in [1.54, 1.807) is 6.07 Å². The molecule has 0 aliphatic rings. The molecule has 0 aromatic heterocycles. The van der Waals surface area contributed by atoms with Crippen LogP contribution in [0.25, 0.3) is 0 Å². The molecule has 1 atom stereocenters. The normalized spacial score (nSPS) is 12.9. The third kappa shape index (κ3) is 3.03. The van der Waals surface area contributed by atoms with Crippen LogP contribution in [0.3, 0.4) is 0 Å². The summed E-state index contributed by atoms with van der Waals surface area (Å²) in [6.07, 6.45) is 0. The predicted octanol–water partition coefficient (Wildman–Crippen LogP) is 1.71. The molecule has 12 heavy (non-hydrogen) atoms. The Morgan fingerprint density at radius 1 is 1.58 bits per heavy atom. The minimum Gasteiger partial charge on any atom is -0.394 e. The van der Waals surface area contributed by atoms with E-state index < -0.39 is 0 Å². The predicted molar refractivity (Wildman–Crippen MR) is 52.4 cm³/mol. The largest absolute Gasteiger partial charge is 0.394 e. The van der Waals surface area contributed by atoms with E-state index in [0.717, 1.165) is 4.90 Å². The number of nitrogens with two attached hydrogens (primary N) is 1. The zero-order valence-electron chi connectivity index (χ0n) is 6.40. The van der Waals surface area contributed by atoms with Gasteiger partial charge in [0.15, 0.2) is 0 Å². The monoisotopic (exact) mass is 203 g/mol. The van der Waals surface area contributed by atoms with Gasteiger partial charge in [0.2, 0.25) is 0 Å². The van der Waals surface area contributed by atoms with Crippen molar-refractivity contribution >= 4 is 23.4 Å². The molecule has 0 aliphatic heterocycles. The molecule has 1 unspecified atom stereocenters. The average molecular weight is 204 g/mol. The molecule has 1 aromatic rings. The van der Waals surface area contributed by atoms with Gasteiger partial charge in [0.1, 0.15) is 0 Å². The summed E-state index contributed by atoms with van der Waals surface area (Å²) in [5, 5.41) is 9.10. The van der Waals surface area contributed by atoms with Crippen LogP contribution in [0.5, 0.6) is 0 Å². The lowest BCUT2D eigenvalue weighted by Gasteiger charge is -2.06. The van der Waals surface area contributed by atoms with Crippen molar-refractivity contribution < 1.29 is 5.11 Å². The second-order valence-corrected chi connectivity index (χ2v) is 4.05. The van der Waals surface area contributed by atoms with Crippen LogP contribution in [0.1, 0.15) is 0 Å². The Bertz CT molecular complexity index is 257. The van der Waals surface area contributed by atoms with Crippen molar-refractivity contribution in [1.29, 1.82) is 0 Å². The molecule has 1 rings (SSSR count). The van der Waals surface area contributed by atoms with Crippen molar-refractivity contribution in [2.75, 3.05) is 6.61 Å². The van der Waals surface area contributed by atoms with E-state index in [1.807, 2.05) is 18.2 Å². The third-order valence-corrected chi connectivity index (χ3v) is 2.48. The number of hydrogen-bond donors (Lipinski definition) is 2. The zero-order valence-corrected chi connectivity index (χ0v) is 7.98. The Hall–Kier alpha value is -0.220. The molecule has 0 saturated heterocycles. The fourth-order valence-corrected chi connectivity index (χ4v) is 1.78. The third-order valence-electron chi connectivity index (χ3n) is 1.26. The molecule has 66 valence electrons. The molecule has 3 N–H and O–H groups in total. The number of hydrogen-bond acceptors (Lipinski definition) is 3. The van der Waals surface area contributed by atoms with E-state index in [9.17, 15) is 0 Å². The van der Waals surface area contributed by atoms with Gasteiger partial charge in [-0.3, -0.25) is 0 Å². The molecule has 4 heteroatoms. The molecule has 0 spiro atoms. The first-order valence-corrected chi connectivity index (χ1v) is 4.77. The van der Waals surface area contributed by atoms with Crippen molar-refractivity contribution in [2.45, 2.75) is 10.3 Å². The number of rotatable bonds is 3. The van der Waals surface area contributed by atoms with E-state index in [2.05, 4.69) is 0 Å². The summed E-state index contributed by atoms with van der Waals surface area (Å²) in [5.74, 6) is 0. The van der Waals surface area contributed by atoms with Gasteiger partial charge < -0.3 is 10.8 Å². The van der Waals surface area contributed by atoms with Crippen molar-refractivity contribution in [2.24, 2.45) is 5.73 Å². The summed E-state index contributed by atoms with van der Waals surface area (Å²) in [6.45, 7) is -0.0306. The Balaban J connectivity index is 2.63. The lowest BCUT2D eigenvalue weighted by atomic mass is 10.4. The summed E-state index contributed by atoms with van der Waals surface area (Å²) in [6, 6.07) is 7.39. The smallest absolute Gasteiger partial charge is 0.0789 e. The fourth-order valence-electron chi connectivity index (χ4n) is 0.752. The highest BCUT2D eigenvalue weighted by Crippen LogP contribution is 2.23. The summed E-state index contributed by atoms with van der Waals surface area (Å²) in [7, 11) is 0. The number of halogens is 1. The molecular formula is C8H10ClNOS. The van der Waals surface area contributed by atoms with Crippen LogP contribution in [-0.4, -0.2) is 17.1 Å². The van der Waals surface area contributed by atoms with Crippen LogP contribution in [-0.2, 0) is 0 Å². The summed E-state index contributed by atoms with van der Waals surface area (Å²) >= 11 is 7.16. The second kappa shape index (κ2) is 4.72. The number of benzene rings is 1. The lowest BCUT2D eigenvalue weighted by Crippen LogP contribution is -2.19. The highest BCUT2D eigenvalue weighted by Gasteiger charge is 2.02. The molecule has 0 fully saturated rings. The van der Waals surface area contributed by atoms with Gasteiger partial charge >= 0.3 is 0 Å². The maximum Gasteiger partial charge on any atom is 0.0789 e. The standard InChI is InChI=1S/C8H10ClNOS/c9-6-2-1-3-7(4-6)12-8(10)5-11/h1-4,8,11H,5,10H2. The first-order valence-electron chi connectivity index (χ1n) is 3.51. The van der Waals surface area contributed by atoms with Gasteiger partial charge in [-0.25, -0.2) is 0 Å². The van der Waals surface area contributed by atoms with E-state index in [-0.39, 0.29) is 12.0 Å². The Morgan fingerprint density at radius 3 is 2.92 bits per heavy atom. The molecule has 0 heterocycles. The van der Waals surface area contributed by atoms with E-state index in [1.165, 1.54) is 11.8 Å². The van der Waals surface area contributed by atoms with E-state index in [0.29, 0.717) is 5.02 Å². The Labute approximate surface area is 80.7 Å². The average Bonchev–Trinajstić information content (AvgIpc) is 2.04. The SMILES string of the molecule is NC(CO)Sc1cccc(Cl)c1. The molecular weight excluding hydrogens is 194 g/mol. The number of thioether (sulfide) groups is 1. The van der Waals surface area contributed by atoms with Crippen LogP contribution in [0.2, 0.25) is 5.02 Å². The van der Waals surface area contributed by atoms with Gasteiger partial charge in [-0.2, -0.15) is 0 Å². The van der Waals surface area contributed by atoms with Crippen LogP contribution in [0, 0.1) is 0 Å². The van der Waals surface area contributed by atoms with Crippen molar-refractivity contribution in [3.63, 3.8) is 0 Å². The molecule has 0 aliphatic carbocycles. The van der Waals surface area contributed by atoms with Gasteiger partial charge in [0.25, 0.3) is 0 Å². The molecule has 2 nitrogen and oxygen atoms in total. The van der Waals surface area contributed by atoms with E-state index >= 15 is 0 Å². The Morgan fingerprint density at radius 2 is 2.33 bits per heavy atom. The van der Waals surface area contributed by atoms with Gasteiger partial charge in [0.05, 0.1) is 12.0 Å². The minimum atomic E-state index is -0.275. The van der Waals surface area contributed by atoms with Crippen molar-refractivity contribution in [3.8, 4) is 0 Å². The van der Waals surface area contributed by atoms with Crippen LogP contribution in [0.15, 0.2) is 29.2 Å². The lowest BCUT2D eigenvalue weighted by molar-refractivity contribution is 0.296. The molecule has 0 bridgehead atoms. The van der Waals surface area contributed by atoms with Crippen molar-refractivity contribution in [1.82, 2.24) is 0 Å². The first-order chi connectivity index (χ1) is 5.72. The van der Waals surface area contributed by atoms with Gasteiger partial charge in [-0.15, -0.1) is 11.8 Å². The topological polar surface area (TPSA) is 46.2 Å². The number of aliphatic hydroxyl groups excluding tert-OH is 1. The van der Waals surface area contributed by atoms with Crippen LogP contribution in [0.4, 0.5) is 0 Å². The maximum absolute atomic E-state index is 8.69. The zero-order chi connectivity index (χ0) is 8.97. The van der Waals surface area contributed by atoms with Crippen LogP contribution >= 0.6 is 23.4 Å². The molecule has 0 amide bonds. The van der Waals surface area contributed by atoms with E-state index in [4.69, 9.17) is 22.4 Å². The summed E-state index contributed by atoms with van der Waals surface area (Å²) < 4.78 is 0. The number of aliphatic hydroxyl groups is 1. The van der Waals surface area contributed by atoms with Crippen molar-refractivity contribution in [3.05, 3.63) is 29.3 Å². The van der Waals surface area contributed by atoms with Gasteiger partial charge in [-0.1, -0.05) is 17.7 Å².